The number of nitrogens with zero attached hydrogens (tertiary/aromatic N) is 2. The lowest BCUT2D eigenvalue weighted by Gasteiger charge is -2.18. The molecule has 146 valence electrons. The predicted molar refractivity (Wildman–Crippen MR) is 107 cm³/mol. The highest BCUT2D eigenvalue weighted by Gasteiger charge is 2.32. The first-order valence-corrected chi connectivity index (χ1v) is 9.94. The van der Waals surface area contributed by atoms with Crippen molar-refractivity contribution >= 4 is 28.6 Å². The third kappa shape index (κ3) is 3.25. The minimum Gasteiger partial charge on any atom is -0.476 e. The second-order valence-electron chi connectivity index (χ2n) is 6.42. The van der Waals surface area contributed by atoms with E-state index in [-0.39, 0.29) is 23.2 Å². The van der Waals surface area contributed by atoms with Crippen molar-refractivity contribution in [3.63, 3.8) is 0 Å². The zero-order valence-corrected chi connectivity index (χ0v) is 16.1. The van der Waals surface area contributed by atoms with Crippen molar-refractivity contribution in [2.45, 2.75) is 17.6 Å². The maximum absolute atomic E-state index is 12.6. The Morgan fingerprint density at radius 3 is 2.69 bits per heavy atom. The molecule has 9 heteroatoms. The molecule has 2 heterocycles. The van der Waals surface area contributed by atoms with E-state index in [9.17, 15) is 14.1 Å². The average Bonchev–Trinajstić information content (AvgIpc) is 3.07. The number of hydrogen-bond donors (Lipinski definition) is 3. The molecular formula is C20H16N4O4S. The molecule has 0 radical (unpaired) electrons. The standard InChI is InChI=1S/C20H16N4O4S/c1-11(21)28-19(22)12-5-4-6-13(9-12)24-18-14-7-2-3-8-16(14)29(27)10-15(18)17(23-24)20(25)26/h2-9,21-22H,10H2,1H3,(H,25,26). The van der Waals surface area contributed by atoms with Crippen molar-refractivity contribution in [3.05, 3.63) is 65.4 Å². The molecule has 0 amide bonds. The number of nitrogens with one attached hydrogen (secondary N) is 2. The largest absolute Gasteiger partial charge is 0.476 e. The van der Waals surface area contributed by atoms with Crippen LogP contribution < -0.4 is 0 Å². The number of benzene rings is 2. The quantitative estimate of drug-likeness (QED) is 0.453. The monoisotopic (exact) mass is 408 g/mol. The van der Waals surface area contributed by atoms with Crippen molar-refractivity contribution in [1.29, 1.82) is 10.8 Å². The second kappa shape index (κ2) is 7.10. The molecule has 29 heavy (non-hydrogen) atoms. The van der Waals surface area contributed by atoms with Crippen molar-refractivity contribution < 1.29 is 18.8 Å². The molecule has 1 aromatic heterocycles. The van der Waals surface area contributed by atoms with E-state index < -0.39 is 16.8 Å². The molecule has 0 bridgehead atoms. The van der Waals surface area contributed by atoms with Crippen LogP contribution in [0.5, 0.6) is 0 Å². The molecule has 4 rings (SSSR count). The summed E-state index contributed by atoms with van der Waals surface area (Å²) in [6.45, 7) is 1.43. The summed E-state index contributed by atoms with van der Waals surface area (Å²) in [7, 11) is -1.36. The van der Waals surface area contributed by atoms with Gasteiger partial charge in [-0.15, -0.1) is 0 Å². The van der Waals surface area contributed by atoms with E-state index in [1.165, 1.54) is 11.6 Å². The Morgan fingerprint density at radius 2 is 1.97 bits per heavy atom. The molecule has 1 aliphatic rings. The molecule has 1 atom stereocenters. The third-order valence-corrected chi connectivity index (χ3v) is 5.85. The lowest BCUT2D eigenvalue weighted by molar-refractivity contribution is 0.0689. The van der Waals surface area contributed by atoms with Crippen molar-refractivity contribution in [3.8, 4) is 16.9 Å². The topological polar surface area (TPSA) is 129 Å². The number of carbonyl (C=O) groups is 1. The number of rotatable bonds is 3. The van der Waals surface area contributed by atoms with Gasteiger partial charge in [0, 0.05) is 28.5 Å². The SMILES string of the molecule is CC(=N)OC(=N)c1cccc(-n2nc(C(=O)O)c3c2-c2ccccc2S(=O)C3)c1. The molecule has 8 nitrogen and oxygen atoms in total. The molecular weight excluding hydrogens is 392 g/mol. The van der Waals surface area contributed by atoms with Crippen LogP contribution in [0.25, 0.3) is 16.9 Å². The van der Waals surface area contributed by atoms with Gasteiger partial charge in [-0.2, -0.15) is 5.10 Å². The van der Waals surface area contributed by atoms with Gasteiger partial charge in [0.2, 0.25) is 5.90 Å². The molecule has 0 saturated carbocycles. The number of aromatic nitrogens is 2. The van der Waals surface area contributed by atoms with Crippen LogP contribution in [0.15, 0.2) is 53.4 Å². The summed E-state index contributed by atoms with van der Waals surface area (Å²) in [6.07, 6.45) is 0. The highest BCUT2D eigenvalue weighted by molar-refractivity contribution is 7.84. The van der Waals surface area contributed by atoms with Crippen LogP contribution in [0.4, 0.5) is 0 Å². The number of carboxylic acids is 1. The Morgan fingerprint density at radius 1 is 1.21 bits per heavy atom. The fourth-order valence-electron chi connectivity index (χ4n) is 3.28. The summed E-state index contributed by atoms with van der Waals surface area (Å²) in [5.41, 5.74) is 2.47. The van der Waals surface area contributed by atoms with E-state index in [2.05, 4.69) is 5.10 Å². The van der Waals surface area contributed by atoms with Crippen molar-refractivity contribution in [2.75, 3.05) is 0 Å². The molecule has 0 spiro atoms. The van der Waals surface area contributed by atoms with Gasteiger partial charge in [0.25, 0.3) is 0 Å². The number of fused-ring (bicyclic) bond motifs is 3. The molecule has 0 aliphatic carbocycles. The van der Waals surface area contributed by atoms with Crippen LogP contribution in [0, 0.1) is 10.8 Å². The summed E-state index contributed by atoms with van der Waals surface area (Å²) < 4.78 is 19.2. The second-order valence-corrected chi connectivity index (χ2v) is 7.84. The Kier molecular flexibility index (Phi) is 4.59. The highest BCUT2D eigenvalue weighted by Crippen LogP contribution is 2.39. The molecule has 1 unspecified atom stereocenters. The minimum atomic E-state index is -1.36. The van der Waals surface area contributed by atoms with Crippen LogP contribution in [-0.2, 0) is 21.3 Å². The van der Waals surface area contributed by atoms with Gasteiger partial charge in [-0.25, -0.2) is 9.48 Å². The first-order chi connectivity index (χ1) is 13.9. The summed E-state index contributed by atoms with van der Waals surface area (Å²) >= 11 is 0. The van der Waals surface area contributed by atoms with Crippen LogP contribution in [0.2, 0.25) is 0 Å². The number of carboxylic acid groups (broad SMARTS) is 1. The number of ether oxygens (including phenoxy) is 1. The van der Waals surface area contributed by atoms with E-state index in [1.54, 1.807) is 48.5 Å². The van der Waals surface area contributed by atoms with Gasteiger partial charge in [-0.3, -0.25) is 15.0 Å². The van der Waals surface area contributed by atoms with E-state index in [0.29, 0.717) is 33.0 Å². The first-order valence-electron chi connectivity index (χ1n) is 8.62. The highest BCUT2D eigenvalue weighted by atomic mass is 32.2. The summed E-state index contributed by atoms with van der Waals surface area (Å²) in [6, 6.07) is 13.9. The van der Waals surface area contributed by atoms with Gasteiger partial charge in [0.15, 0.2) is 11.6 Å². The first kappa shape index (κ1) is 18.8. The fourth-order valence-corrected chi connectivity index (χ4v) is 4.61. The molecule has 3 aromatic rings. The summed E-state index contributed by atoms with van der Waals surface area (Å²) in [5, 5.41) is 29.3. The zero-order chi connectivity index (χ0) is 20.7. The number of hydrogen-bond acceptors (Lipinski definition) is 6. The van der Waals surface area contributed by atoms with Gasteiger partial charge < -0.3 is 9.84 Å². The molecule has 0 saturated heterocycles. The van der Waals surface area contributed by atoms with E-state index >= 15 is 0 Å². The lowest BCUT2D eigenvalue weighted by Crippen LogP contribution is -2.11. The fraction of sp³-hybridized carbons (Fsp3) is 0.100. The normalized spacial score (nSPS) is 14.6. The van der Waals surface area contributed by atoms with Gasteiger partial charge in [-0.05, 0) is 24.3 Å². The Labute approximate surface area is 168 Å². The summed E-state index contributed by atoms with van der Waals surface area (Å²) in [4.78, 5) is 12.4. The molecule has 0 fully saturated rings. The van der Waals surface area contributed by atoms with Crippen LogP contribution in [0.3, 0.4) is 0 Å². The van der Waals surface area contributed by atoms with Gasteiger partial charge in [0.1, 0.15) is 0 Å². The Hall–Kier alpha value is -3.59. The van der Waals surface area contributed by atoms with Gasteiger partial charge >= 0.3 is 5.97 Å². The maximum Gasteiger partial charge on any atom is 0.356 e. The maximum atomic E-state index is 12.6. The van der Waals surface area contributed by atoms with Crippen LogP contribution >= 0.6 is 0 Å². The average molecular weight is 408 g/mol. The molecule has 3 N–H and O–H groups in total. The Bertz CT molecular complexity index is 1210. The van der Waals surface area contributed by atoms with E-state index in [4.69, 9.17) is 15.6 Å². The third-order valence-electron chi connectivity index (χ3n) is 4.46. The minimum absolute atomic E-state index is 0.0690. The predicted octanol–water partition coefficient (Wildman–Crippen LogP) is 3.20. The van der Waals surface area contributed by atoms with Crippen LogP contribution in [-0.4, -0.2) is 36.9 Å². The van der Waals surface area contributed by atoms with Gasteiger partial charge in [0.05, 0.1) is 27.9 Å². The Balaban J connectivity index is 1.93. The summed E-state index contributed by atoms with van der Waals surface area (Å²) in [5.74, 6) is -1.43. The van der Waals surface area contributed by atoms with Crippen molar-refractivity contribution in [1.82, 2.24) is 9.78 Å². The van der Waals surface area contributed by atoms with Crippen molar-refractivity contribution in [2.24, 2.45) is 0 Å². The molecule has 1 aliphatic heterocycles. The smallest absolute Gasteiger partial charge is 0.356 e. The van der Waals surface area contributed by atoms with E-state index in [0.717, 1.165) is 0 Å². The molecule has 2 aromatic carbocycles. The van der Waals surface area contributed by atoms with Crippen LogP contribution in [0.1, 0.15) is 28.5 Å². The van der Waals surface area contributed by atoms with Gasteiger partial charge in [-0.1, -0.05) is 24.3 Å². The number of aromatic carboxylic acids is 1. The zero-order valence-electron chi connectivity index (χ0n) is 15.3. The lowest BCUT2D eigenvalue weighted by atomic mass is 10.1. The van der Waals surface area contributed by atoms with E-state index in [1.807, 2.05) is 0 Å².